The number of anilines is 2. The molecule has 46 heavy (non-hydrogen) atoms. The number of aliphatic hydroxyl groups is 3. The van der Waals surface area contributed by atoms with Crippen molar-refractivity contribution in [3.8, 4) is 5.75 Å². The lowest BCUT2D eigenvalue weighted by molar-refractivity contribution is -0.175. The van der Waals surface area contributed by atoms with Crippen LogP contribution in [0.1, 0.15) is 37.0 Å². The highest BCUT2D eigenvalue weighted by Gasteiger charge is 2.72. The number of guanidine groups is 1. The van der Waals surface area contributed by atoms with E-state index >= 15 is 0 Å². The van der Waals surface area contributed by atoms with Gasteiger partial charge in [-0.2, -0.15) is 0 Å². The summed E-state index contributed by atoms with van der Waals surface area (Å²) >= 11 is 0. The lowest BCUT2D eigenvalue weighted by Gasteiger charge is -2.59. The first kappa shape index (κ1) is 32.5. The Balaban J connectivity index is 1.70. The van der Waals surface area contributed by atoms with Gasteiger partial charge in [0.2, 0.25) is 5.78 Å². The van der Waals surface area contributed by atoms with Gasteiger partial charge in [0.05, 0.1) is 23.8 Å². The van der Waals surface area contributed by atoms with E-state index in [2.05, 4.69) is 10.3 Å². The highest BCUT2D eigenvalue weighted by Crippen LogP contribution is 2.63. The number of aliphatic imine (C=N–C) groups is 1. The predicted octanol–water partition coefficient (Wildman–Crippen LogP) is 1.74. The Kier molecular flexibility index (Phi) is 7.69. The predicted molar refractivity (Wildman–Crippen MR) is 173 cm³/mol. The number of phenolic OH excluding ortho intramolecular Hbond substituents is 1. The Bertz CT molecular complexity index is 1760. The summed E-state index contributed by atoms with van der Waals surface area (Å²) < 4.78 is 0. The number of nitrogens with one attached hydrogen (secondary N) is 1. The molecule has 0 saturated heterocycles. The molecule has 0 heterocycles. The van der Waals surface area contributed by atoms with Crippen molar-refractivity contribution in [1.29, 1.82) is 0 Å². The first-order valence-corrected chi connectivity index (χ1v) is 14.7. The molecule has 0 bridgehead atoms. The molecule has 1 unspecified atom stereocenters. The molecule has 2 aromatic rings. The number of primary amides is 1. The number of ketones is 2. The number of benzene rings is 2. The van der Waals surface area contributed by atoms with Crippen LogP contribution in [-0.2, 0) is 27.3 Å². The summed E-state index contributed by atoms with van der Waals surface area (Å²) in [4.78, 5) is 48.1. The van der Waals surface area contributed by atoms with Gasteiger partial charge in [0.15, 0.2) is 17.3 Å². The van der Waals surface area contributed by atoms with Crippen molar-refractivity contribution in [2.24, 2.45) is 27.3 Å². The second kappa shape index (κ2) is 10.9. The summed E-state index contributed by atoms with van der Waals surface area (Å²) in [5, 5.41) is 49.8. The minimum absolute atomic E-state index is 0.00828. The Morgan fingerprint density at radius 1 is 1.07 bits per heavy atom. The Morgan fingerprint density at radius 3 is 2.26 bits per heavy atom. The van der Waals surface area contributed by atoms with Gasteiger partial charge in [-0.1, -0.05) is 44.2 Å². The van der Waals surface area contributed by atoms with Crippen molar-refractivity contribution in [2.75, 3.05) is 38.4 Å². The van der Waals surface area contributed by atoms with Crippen LogP contribution < -0.4 is 21.7 Å². The van der Waals surface area contributed by atoms with E-state index in [4.69, 9.17) is 11.5 Å². The Morgan fingerprint density at radius 2 is 1.70 bits per heavy atom. The van der Waals surface area contributed by atoms with Crippen LogP contribution in [0.5, 0.6) is 5.75 Å². The average molecular weight is 633 g/mol. The lowest BCUT2D eigenvalue weighted by atomic mass is 9.46. The first-order valence-electron chi connectivity index (χ1n) is 14.7. The number of rotatable bonds is 6. The fourth-order valence-electron chi connectivity index (χ4n) is 7.80. The molecule has 2 aromatic carbocycles. The maximum absolute atomic E-state index is 14.5. The number of aliphatic hydroxyl groups excluding tert-OH is 2. The third kappa shape index (κ3) is 4.52. The number of fused-ring (bicyclic) bond motifs is 3. The molecule has 0 aliphatic heterocycles. The standard InChI is InChI=1S/C33H40N6O7/c1-31-13-17-19(38(3)4)12-18(37-30(35)36-14-16-10-8-7-9-11-16)23(40)20(17)24(41)22(31)28(44)33(46)27(43)21(29(34)45)25(42)26(39(5)6)32(33,2)15-31/h7-12,26,40-41,43,46H,13-15H2,1-6H3,(H2,34,45)(H3,35,36,37)/t26?,31-,32-,33+/m0/s1. The molecule has 0 spiro atoms. The van der Waals surface area contributed by atoms with Crippen LogP contribution in [0, 0.1) is 10.8 Å². The third-order valence-electron chi connectivity index (χ3n) is 9.63. The van der Waals surface area contributed by atoms with Crippen molar-refractivity contribution < 1.29 is 34.8 Å². The van der Waals surface area contributed by atoms with Gasteiger partial charge in [0, 0.05) is 36.2 Å². The number of hydrogen-bond donors (Lipinski definition) is 7. The number of nitrogens with zero attached hydrogens (tertiary/aromatic N) is 3. The quantitative estimate of drug-likeness (QED) is 0.105. The van der Waals surface area contributed by atoms with E-state index in [1.165, 1.54) is 11.8 Å². The van der Waals surface area contributed by atoms with Gasteiger partial charge in [0.1, 0.15) is 22.8 Å². The van der Waals surface area contributed by atoms with Gasteiger partial charge in [-0.15, -0.1) is 0 Å². The Hall–Kier alpha value is -4.88. The first-order chi connectivity index (χ1) is 21.4. The van der Waals surface area contributed by atoms with E-state index in [-0.39, 0.29) is 42.2 Å². The molecule has 1 saturated carbocycles. The van der Waals surface area contributed by atoms with Gasteiger partial charge in [-0.25, -0.2) is 4.99 Å². The molecule has 13 heteroatoms. The molecule has 1 amide bonds. The summed E-state index contributed by atoms with van der Waals surface area (Å²) in [5.74, 6) is -5.41. The number of aromatic hydroxyl groups is 1. The fourth-order valence-corrected chi connectivity index (χ4v) is 7.80. The highest BCUT2D eigenvalue weighted by atomic mass is 16.3. The number of nitrogens with two attached hydrogens (primary N) is 2. The zero-order valence-corrected chi connectivity index (χ0v) is 26.7. The van der Waals surface area contributed by atoms with E-state index in [1.54, 1.807) is 46.1 Å². The maximum Gasteiger partial charge on any atom is 0.255 e. The van der Waals surface area contributed by atoms with Crippen molar-refractivity contribution in [3.63, 3.8) is 0 Å². The molecule has 0 aromatic heterocycles. The minimum atomic E-state index is -2.80. The summed E-state index contributed by atoms with van der Waals surface area (Å²) in [6.07, 6.45) is 0.0397. The van der Waals surface area contributed by atoms with Gasteiger partial charge in [0.25, 0.3) is 5.91 Å². The number of likely N-dealkylation sites (N-methyl/N-ethyl adjacent to an activating group) is 1. The largest absolute Gasteiger partial charge is 0.508 e. The van der Waals surface area contributed by atoms with Gasteiger partial charge < -0.3 is 42.1 Å². The normalized spacial score (nSPS) is 27.7. The summed E-state index contributed by atoms with van der Waals surface area (Å²) in [6, 6.07) is 9.84. The summed E-state index contributed by atoms with van der Waals surface area (Å²) in [7, 11) is 6.69. The summed E-state index contributed by atoms with van der Waals surface area (Å²) in [6.45, 7) is 3.50. The zero-order chi connectivity index (χ0) is 34.1. The number of carbonyl (C=O) groups is 3. The minimum Gasteiger partial charge on any atom is -0.508 e. The van der Waals surface area contributed by atoms with Crippen LogP contribution in [0.15, 0.2) is 58.3 Å². The average Bonchev–Trinajstić information content (AvgIpc) is 2.95. The van der Waals surface area contributed by atoms with Gasteiger partial charge in [-0.3, -0.25) is 19.3 Å². The zero-order valence-electron chi connectivity index (χ0n) is 26.7. The van der Waals surface area contributed by atoms with Crippen LogP contribution in [0.4, 0.5) is 11.4 Å². The smallest absolute Gasteiger partial charge is 0.255 e. The molecule has 4 atom stereocenters. The van der Waals surface area contributed by atoms with Crippen molar-refractivity contribution in [1.82, 2.24) is 4.90 Å². The van der Waals surface area contributed by atoms with Crippen molar-refractivity contribution in [2.45, 2.75) is 44.9 Å². The molecule has 0 radical (unpaired) electrons. The van der Waals surface area contributed by atoms with Crippen LogP contribution in [0.3, 0.4) is 0 Å². The highest BCUT2D eigenvalue weighted by molar-refractivity contribution is 6.25. The van der Waals surface area contributed by atoms with E-state index in [0.29, 0.717) is 11.3 Å². The second-order valence-electron chi connectivity index (χ2n) is 13.3. The molecule has 244 valence electrons. The molecule has 5 rings (SSSR count). The van der Waals surface area contributed by atoms with Crippen LogP contribution in [0.25, 0.3) is 5.76 Å². The van der Waals surface area contributed by atoms with Crippen molar-refractivity contribution >= 4 is 40.6 Å². The number of amides is 1. The second-order valence-corrected chi connectivity index (χ2v) is 13.3. The number of carbonyl (C=O) groups excluding carboxylic acids is 3. The molecule has 3 aliphatic rings. The van der Waals surface area contributed by atoms with Crippen molar-refractivity contribution in [3.05, 3.63) is 70.0 Å². The maximum atomic E-state index is 14.5. The fraction of sp³-hybridized carbons (Fsp3) is 0.394. The van der Waals surface area contributed by atoms with E-state index in [0.717, 1.165) is 5.56 Å². The number of hydrogen-bond acceptors (Lipinski definition) is 10. The lowest BCUT2D eigenvalue weighted by Crippen LogP contribution is -2.72. The van der Waals surface area contributed by atoms with Gasteiger partial charge in [-0.05, 0) is 44.1 Å². The van der Waals surface area contributed by atoms with Crippen LogP contribution in [0.2, 0.25) is 0 Å². The topological polar surface area (TPSA) is 215 Å². The molecule has 9 N–H and O–H groups in total. The molecular weight excluding hydrogens is 592 g/mol. The van der Waals surface area contributed by atoms with E-state index in [9.17, 15) is 34.8 Å². The van der Waals surface area contributed by atoms with Crippen LogP contribution in [-0.4, -0.2) is 88.6 Å². The molecule has 13 nitrogen and oxygen atoms in total. The molecular formula is C33H40N6O7. The molecule has 1 fully saturated rings. The SMILES string of the molecule is CN(C)c1cc(NC(N)=NCc2ccccc2)c(O)c2c1C[C@@]1(C)C[C@@]3(C)C(N(C)C)C(=O)C(C(N)=O)=C(O)[C@@]3(O)C(=O)C1=C2O. The van der Waals surface area contributed by atoms with Crippen LogP contribution >= 0.6 is 0 Å². The summed E-state index contributed by atoms with van der Waals surface area (Å²) in [5.41, 5.74) is 6.92. The molecule has 3 aliphatic carbocycles. The monoisotopic (exact) mass is 632 g/mol. The number of phenols is 1. The van der Waals surface area contributed by atoms with E-state index in [1.807, 2.05) is 30.3 Å². The van der Waals surface area contributed by atoms with Gasteiger partial charge >= 0.3 is 0 Å². The Labute approximate surface area is 266 Å². The van der Waals surface area contributed by atoms with E-state index < -0.39 is 62.8 Å². The number of Topliss-reactive ketones (excluding diaryl/α,β-unsaturated/α-hetero) is 2. The third-order valence-corrected chi connectivity index (χ3v) is 9.63.